The molecule has 2 atom stereocenters. The minimum absolute atomic E-state index is 0.0556. The molecular formula is C21H20N2O7. The second-order valence-electron chi connectivity index (χ2n) is 7.37. The Balaban J connectivity index is 1.28. The number of ether oxygens (including phenoxy) is 2. The van der Waals surface area contributed by atoms with Gasteiger partial charge in [-0.15, -0.1) is 0 Å². The summed E-state index contributed by atoms with van der Waals surface area (Å²) in [4.78, 5) is 61.6. The second kappa shape index (κ2) is 8.10. The molecule has 2 heterocycles. The second-order valence-corrected chi connectivity index (χ2v) is 7.37. The van der Waals surface area contributed by atoms with Crippen molar-refractivity contribution in [1.29, 1.82) is 0 Å². The number of hydrogen-bond donors (Lipinski definition) is 1. The number of rotatable bonds is 6. The van der Waals surface area contributed by atoms with E-state index in [-0.39, 0.29) is 54.7 Å². The summed E-state index contributed by atoms with van der Waals surface area (Å²) in [6.07, 6.45) is 4.70. The maximum atomic E-state index is 12.4. The number of esters is 1. The molecule has 0 spiro atoms. The van der Waals surface area contributed by atoms with Gasteiger partial charge in [-0.25, -0.2) is 0 Å². The van der Waals surface area contributed by atoms with Crippen molar-refractivity contribution in [1.82, 2.24) is 4.90 Å². The third-order valence-corrected chi connectivity index (χ3v) is 5.44. The molecule has 1 saturated heterocycles. The van der Waals surface area contributed by atoms with Crippen LogP contribution < -0.4 is 10.1 Å². The van der Waals surface area contributed by atoms with Crippen LogP contribution in [0.15, 0.2) is 30.4 Å². The summed E-state index contributed by atoms with van der Waals surface area (Å²) < 4.78 is 10.2. The largest absolute Gasteiger partial charge is 0.482 e. The van der Waals surface area contributed by atoms with Crippen LogP contribution in [0.4, 0.5) is 5.69 Å². The first-order chi connectivity index (χ1) is 14.4. The zero-order valence-electron chi connectivity index (χ0n) is 16.1. The van der Waals surface area contributed by atoms with Crippen LogP contribution in [0.2, 0.25) is 0 Å². The normalized spacial score (nSPS) is 22.1. The lowest BCUT2D eigenvalue weighted by atomic mass is 9.85. The molecule has 156 valence electrons. The first-order valence-corrected chi connectivity index (χ1v) is 9.70. The number of anilines is 1. The van der Waals surface area contributed by atoms with Gasteiger partial charge in [0.2, 0.25) is 11.8 Å². The molecule has 0 saturated carbocycles. The number of Topliss-reactive ketones (excluding diaryl/α,β-unsaturated/α-hetero) is 1. The minimum atomic E-state index is -0.674. The van der Waals surface area contributed by atoms with Gasteiger partial charge in [-0.1, -0.05) is 12.2 Å². The molecule has 0 unspecified atom stereocenters. The van der Waals surface area contributed by atoms with E-state index < -0.39 is 18.4 Å². The first kappa shape index (κ1) is 19.8. The SMILES string of the molecule is O=C1COc2ccc(C(=O)COC(=O)CCN3C(=O)[C@H]4CC=CC[C@@H]4C3=O)cc2N1. The van der Waals surface area contributed by atoms with E-state index in [9.17, 15) is 24.0 Å². The Morgan fingerprint density at radius 1 is 1.10 bits per heavy atom. The number of carbonyl (C=O) groups excluding carboxylic acids is 5. The van der Waals surface area contributed by atoms with Gasteiger partial charge in [-0.3, -0.25) is 28.9 Å². The van der Waals surface area contributed by atoms with Crippen molar-refractivity contribution in [3.63, 3.8) is 0 Å². The van der Waals surface area contributed by atoms with Gasteiger partial charge in [0.05, 0.1) is 23.9 Å². The van der Waals surface area contributed by atoms with Crippen LogP contribution in [0.1, 0.15) is 29.6 Å². The average Bonchev–Trinajstić information content (AvgIpc) is 3.00. The summed E-state index contributed by atoms with van der Waals surface area (Å²) in [6.45, 7) is -0.624. The smallest absolute Gasteiger partial charge is 0.308 e. The Morgan fingerprint density at radius 2 is 1.80 bits per heavy atom. The van der Waals surface area contributed by atoms with Crippen molar-refractivity contribution < 1.29 is 33.4 Å². The van der Waals surface area contributed by atoms with E-state index in [1.807, 2.05) is 12.2 Å². The average molecular weight is 412 g/mol. The third kappa shape index (κ3) is 3.83. The van der Waals surface area contributed by atoms with E-state index in [1.54, 1.807) is 6.07 Å². The number of imide groups is 1. The Kier molecular flexibility index (Phi) is 5.35. The van der Waals surface area contributed by atoms with Gasteiger partial charge in [0.25, 0.3) is 5.91 Å². The van der Waals surface area contributed by atoms with E-state index in [0.29, 0.717) is 24.3 Å². The fourth-order valence-corrected chi connectivity index (χ4v) is 3.85. The summed E-state index contributed by atoms with van der Waals surface area (Å²) in [5.41, 5.74) is 0.638. The lowest BCUT2D eigenvalue weighted by Gasteiger charge is -2.18. The van der Waals surface area contributed by atoms with Crippen LogP contribution >= 0.6 is 0 Å². The van der Waals surface area contributed by atoms with Crippen LogP contribution in [0.25, 0.3) is 0 Å². The van der Waals surface area contributed by atoms with Gasteiger partial charge in [-0.2, -0.15) is 0 Å². The maximum Gasteiger partial charge on any atom is 0.308 e. The molecule has 0 radical (unpaired) electrons. The van der Waals surface area contributed by atoms with Crippen molar-refractivity contribution in [2.75, 3.05) is 25.1 Å². The highest BCUT2D eigenvalue weighted by Crippen LogP contribution is 2.35. The fraction of sp³-hybridized carbons (Fsp3) is 0.381. The van der Waals surface area contributed by atoms with Gasteiger partial charge in [-0.05, 0) is 31.0 Å². The molecule has 1 fully saturated rings. The highest BCUT2D eigenvalue weighted by molar-refractivity contribution is 6.05. The lowest BCUT2D eigenvalue weighted by molar-refractivity contribution is -0.145. The standard InChI is InChI=1S/C21H20N2O7/c24-16(12-5-6-17-15(9-12)22-18(25)11-29-17)10-30-19(26)7-8-23-20(27)13-3-1-2-4-14(13)21(23)28/h1-2,5-6,9,13-14H,3-4,7-8,10-11H2,(H,22,25)/t13-,14-/m0/s1. The number of nitrogens with one attached hydrogen (secondary N) is 1. The third-order valence-electron chi connectivity index (χ3n) is 5.44. The topological polar surface area (TPSA) is 119 Å². The molecule has 9 heteroatoms. The zero-order valence-corrected chi connectivity index (χ0v) is 16.1. The van der Waals surface area contributed by atoms with Crippen molar-refractivity contribution in [3.05, 3.63) is 35.9 Å². The van der Waals surface area contributed by atoms with Gasteiger partial charge < -0.3 is 14.8 Å². The molecule has 30 heavy (non-hydrogen) atoms. The number of ketones is 1. The van der Waals surface area contributed by atoms with E-state index >= 15 is 0 Å². The molecule has 0 aromatic heterocycles. The van der Waals surface area contributed by atoms with Crippen molar-refractivity contribution >= 4 is 35.2 Å². The molecule has 1 aromatic carbocycles. The Labute approximate surface area is 172 Å². The molecule has 1 N–H and O–H groups in total. The van der Waals surface area contributed by atoms with Crippen LogP contribution in [0.3, 0.4) is 0 Å². The predicted molar refractivity (Wildman–Crippen MR) is 103 cm³/mol. The summed E-state index contributed by atoms with van der Waals surface area (Å²) in [5, 5.41) is 2.60. The van der Waals surface area contributed by atoms with E-state index in [4.69, 9.17) is 9.47 Å². The number of hydrogen-bond acceptors (Lipinski definition) is 7. The number of fused-ring (bicyclic) bond motifs is 2. The van der Waals surface area contributed by atoms with Crippen molar-refractivity contribution in [2.24, 2.45) is 11.8 Å². The fourth-order valence-electron chi connectivity index (χ4n) is 3.85. The molecule has 1 aliphatic carbocycles. The van der Waals surface area contributed by atoms with Crippen LogP contribution in [0, 0.1) is 11.8 Å². The number of carbonyl (C=O) groups is 5. The molecule has 0 bridgehead atoms. The number of amides is 3. The van der Waals surface area contributed by atoms with Crippen LogP contribution in [-0.4, -0.2) is 54.1 Å². The van der Waals surface area contributed by atoms with Crippen LogP contribution in [0.5, 0.6) is 5.75 Å². The molecular weight excluding hydrogens is 392 g/mol. The van der Waals surface area contributed by atoms with E-state index in [1.165, 1.54) is 12.1 Å². The summed E-state index contributed by atoms with van der Waals surface area (Å²) >= 11 is 0. The predicted octanol–water partition coefficient (Wildman–Crippen LogP) is 1.08. The number of benzene rings is 1. The number of likely N-dealkylation sites (tertiary alicyclic amines) is 1. The van der Waals surface area contributed by atoms with Crippen LogP contribution in [-0.2, 0) is 23.9 Å². The summed E-state index contributed by atoms with van der Waals surface area (Å²) in [6, 6.07) is 4.53. The monoisotopic (exact) mass is 412 g/mol. The van der Waals surface area contributed by atoms with Crippen molar-refractivity contribution in [3.8, 4) is 5.75 Å². The highest BCUT2D eigenvalue weighted by atomic mass is 16.5. The Bertz CT molecular complexity index is 942. The summed E-state index contributed by atoms with van der Waals surface area (Å²) in [7, 11) is 0. The lowest BCUT2D eigenvalue weighted by Crippen LogP contribution is -2.33. The minimum Gasteiger partial charge on any atom is -0.482 e. The zero-order chi connectivity index (χ0) is 21.3. The number of allylic oxidation sites excluding steroid dienone is 2. The first-order valence-electron chi connectivity index (χ1n) is 9.70. The van der Waals surface area contributed by atoms with Gasteiger partial charge in [0, 0.05) is 12.1 Å². The maximum absolute atomic E-state index is 12.4. The van der Waals surface area contributed by atoms with E-state index in [2.05, 4.69) is 5.32 Å². The van der Waals surface area contributed by atoms with Gasteiger partial charge in [0.15, 0.2) is 19.0 Å². The van der Waals surface area contributed by atoms with E-state index in [0.717, 1.165) is 4.90 Å². The quantitative estimate of drug-likeness (QED) is 0.321. The van der Waals surface area contributed by atoms with Crippen molar-refractivity contribution in [2.45, 2.75) is 19.3 Å². The van der Waals surface area contributed by atoms with Gasteiger partial charge >= 0.3 is 5.97 Å². The molecule has 4 rings (SSSR count). The molecule has 3 amide bonds. The molecule has 1 aromatic rings. The summed E-state index contributed by atoms with van der Waals surface area (Å²) in [5.74, 6) is -2.17. The molecule has 9 nitrogen and oxygen atoms in total. The number of nitrogens with zero attached hydrogens (tertiary/aromatic N) is 1. The Hall–Kier alpha value is -3.49. The highest BCUT2D eigenvalue weighted by Gasteiger charge is 2.46. The molecule has 2 aliphatic heterocycles. The Morgan fingerprint density at radius 3 is 2.50 bits per heavy atom. The molecule has 3 aliphatic rings. The van der Waals surface area contributed by atoms with Gasteiger partial charge in [0.1, 0.15) is 5.75 Å².